The van der Waals surface area contributed by atoms with Gasteiger partial charge in [-0.1, -0.05) is 6.07 Å². The molecule has 2 aromatic rings. The first-order valence-electron chi connectivity index (χ1n) is 8.79. The van der Waals surface area contributed by atoms with Crippen LogP contribution in [-0.2, 0) is 11.3 Å². The summed E-state index contributed by atoms with van der Waals surface area (Å²) in [7, 11) is 1.72. The number of benzene rings is 1. The number of methoxy groups -OCH3 is 1. The molecule has 0 aliphatic carbocycles. The van der Waals surface area contributed by atoms with Crippen molar-refractivity contribution in [1.82, 2.24) is 15.6 Å². The molecule has 0 spiro atoms. The lowest BCUT2D eigenvalue weighted by Crippen LogP contribution is -2.47. The molecule has 140 valence electrons. The number of nitrogens with one attached hydrogen (secondary N) is 2. The Bertz CT molecular complexity index is 694. The summed E-state index contributed by atoms with van der Waals surface area (Å²) < 4.78 is 11.1. The molecule has 1 fully saturated rings. The van der Waals surface area contributed by atoms with Crippen molar-refractivity contribution in [1.29, 1.82) is 0 Å². The smallest absolute Gasteiger partial charge is 0.251 e. The number of ether oxygens (including phenoxy) is 2. The third kappa shape index (κ3) is 5.03. The van der Waals surface area contributed by atoms with Gasteiger partial charge in [0.25, 0.3) is 5.91 Å². The fourth-order valence-electron chi connectivity index (χ4n) is 3.20. The van der Waals surface area contributed by atoms with Crippen molar-refractivity contribution in [2.24, 2.45) is 5.41 Å². The average molecular weight is 375 g/mol. The molecule has 1 aliphatic rings. The minimum Gasteiger partial charge on any atom is -0.487 e. The molecule has 2 N–H and O–H groups in total. The Morgan fingerprint density at radius 3 is 2.96 bits per heavy atom. The van der Waals surface area contributed by atoms with E-state index in [4.69, 9.17) is 9.47 Å². The Labute approximate surface area is 157 Å². The Kier molecular flexibility index (Phi) is 6.60. The van der Waals surface area contributed by atoms with Crippen LogP contribution in [0.2, 0.25) is 0 Å². The predicted octanol–water partition coefficient (Wildman–Crippen LogP) is 2.47. The summed E-state index contributed by atoms with van der Waals surface area (Å²) >= 11 is 1.54. The molecule has 2 heterocycles. The van der Waals surface area contributed by atoms with Gasteiger partial charge < -0.3 is 20.1 Å². The molecule has 0 radical (unpaired) electrons. The normalized spacial score (nSPS) is 16.2. The van der Waals surface area contributed by atoms with Gasteiger partial charge in [-0.15, -0.1) is 11.3 Å². The molecule has 6 nitrogen and oxygen atoms in total. The number of aromatic nitrogens is 1. The topological polar surface area (TPSA) is 72.5 Å². The molecule has 26 heavy (non-hydrogen) atoms. The number of rotatable bonds is 8. The van der Waals surface area contributed by atoms with Gasteiger partial charge in [-0.25, -0.2) is 4.98 Å². The summed E-state index contributed by atoms with van der Waals surface area (Å²) in [6.45, 7) is 3.59. The lowest BCUT2D eigenvalue weighted by molar-refractivity contribution is 0.0511. The number of carbonyl (C=O) groups excluding carboxylic acids is 1. The molecular weight excluding hydrogens is 350 g/mol. The maximum Gasteiger partial charge on any atom is 0.251 e. The van der Waals surface area contributed by atoms with Gasteiger partial charge in [0.2, 0.25) is 0 Å². The first kappa shape index (κ1) is 18.8. The monoisotopic (exact) mass is 375 g/mol. The van der Waals surface area contributed by atoms with E-state index < -0.39 is 0 Å². The summed E-state index contributed by atoms with van der Waals surface area (Å²) in [6, 6.07) is 7.26. The van der Waals surface area contributed by atoms with E-state index in [1.807, 2.05) is 17.5 Å². The third-order valence-corrected chi connectivity index (χ3v) is 5.34. The largest absolute Gasteiger partial charge is 0.487 e. The highest BCUT2D eigenvalue weighted by molar-refractivity contribution is 7.07. The SMILES string of the molecule is COCC1(CNC(=O)c2cccc(OCc3cscn3)c2)CCNCC1. The number of thiazole rings is 1. The van der Waals surface area contributed by atoms with Crippen LogP contribution in [0.1, 0.15) is 28.9 Å². The van der Waals surface area contributed by atoms with Gasteiger partial charge in [0.1, 0.15) is 12.4 Å². The zero-order valence-corrected chi connectivity index (χ0v) is 15.8. The number of carbonyl (C=O) groups is 1. The number of piperidine rings is 1. The molecule has 1 aliphatic heterocycles. The highest BCUT2D eigenvalue weighted by Crippen LogP contribution is 2.28. The van der Waals surface area contributed by atoms with E-state index >= 15 is 0 Å². The van der Waals surface area contributed by atoms with Crippen LogP contribution in [0.3, 0.4) is 0 Å². The van der Waals surface area contributed by atoms with E-state index in [2.05, 4.69) is 15.6 Å². The second-order valence-corrected chi connectivity index (χ2v) is 7.38. The van der Waals surface area contributed by atoms with Crippen molar-refractivity contribution in [2.45, 2.75) is 19.4 Å². The molecule has 0 atom stereocenters. The Morgan fingerprint density at radius 2 is 2.23 bits per heavy atom. The second kappa shape index (κ2) is 9.12. The molecule has 1 aromatic heterocycles. The van der Waals surface area contributed by atoms with Gasteiger partial charge in [-0.05, 0) is 44.1 Å². The lowest BCUT2D eigenvalue weighted by Gasteiger charge is -2.37. The van der Waals surface area contributed by atoms with E-state index in [1.54, 1.807) is 24.8 Å². The van der Waals surface area contributed by atoms with Crippen LogP contribution in [0.25, 0.3) is 0 Å². The van der Waals surface area contributed by atoms with Crippen LogP contribution in [0.15, 0.2) is 35.2 Å². The summed E-state index contributed by atoms with van der Waals surface area (Å²) in [5.74, 6) is 0.581. The van der Waals surface area contributed by atoms with Gasteiger partial charge in [0.05, 0.1) is 17.8 Å². The first-order chi connectivity index (χ1) is 12.7. The van der Waals surface area contributed by atoms with Crippen LogP contribution in [-0.4, -0.2) is 44.2 Å². The van der Waals surface area contributed by atoms with E-state index in [9.17, 15) is 4.79 Å². The zero-order chi connectivity index (χ0) is 18.2. The third-order valence-electron chi connectivity index (χ3n) is 4.71. The number of hydrogen-bond donors (Lipinski definition) is 2. The van der Waals surface area contributed by atoms with E-state index in [0.717, 1.165) is 31.6 Å². The van der Waals surface area contributed by atoms with Gasteiger partial charge in [-0.2, -0.15) is 0 Å². The Balaban J connectivity index is 1.57. The molecule has 1 aromatic carbocycles. The highest BCUT2D eigenvalue weighted by atomic mass is 32.1. The Hall–Kier alpha value is -1.96. The standard InChI is InChI=1S/C19H25N3O3S/c1-24-13-19(5-7-20-8-6-19)12-21-18(23)15-3-2-4-17(9-15)25-10-16-11-26-14-22-16/h2-4,9,11,14,20H,5-8,10,12-13H2,1H3,(H,21,23). The molecule has 7 heteroatoms. The summed E-state index contributed by atoms with van der Waals surface area (Å²) in [5.41, 5.74) is 3.27. The Morgan fingerprint density at radius 1 is 1.38 bits per heavy atom. The van der Waals surface area contributed by atoms with Crippen molar-refractivity contribution < 1.29 is 14.3 Å². The minimum absolute atomic E-state index is 0.00832. The molecule has 0 saturated carbocycles. The van der Waals surface area contributed by atoms with Gasteiger partial charge >= 0.3 is 0 Å². The minimum atomic E-state index is -0.0851. The molecule has 1 saturated heterocycles. The lowest BCUT2D eigenvalue weighted by atomic mass is 9.79. The number of nitrogens with zero attached hydrogens (tertiary/aromatic N) is 1. The molecular formula is C19H25N3O3S. The van der Waals surface area contributed by atoms with Crippen molar-refractivity contribution >= 4 is 17.2 Å². The van der Waals surface area contributed by atoms with Crippen molar-refractivity contribution in [3.8, 4) is 5.75 Å². The van der Waals surface area contributed by atoms with E-state index in [0.29, 0.717) is 31.1 Å². The fourth-order valence-corrected chi connectivity index (χ4v) is 3.74. The quantitative estimate of drug-likeness (QED) is 0.742. The average Bonchev–Trinajstić information content (AvgIpc) is 3.19. The molecule has 0 bridgehead atoms. The maximum atomic E-state index is 12.6. The van der Waals surface area contributed by atoms with E-state index in [-0.39, 0.29) is 11.3 Å². The maximum absolute atomic E-state index is 12.6. The van der Waals surface area contributed by atoms with Crippen molar-refractivity contribution in [3.63, 3.8) is 0 Å². The summed E-state index contributed by atoms with van der Waals surface area (Å²) in [5, 5.41) is 8.39. The van der Waals surface area contributed by atoms with Gasteiger partial charge in [0, 0.05) is 30.0 Å². The van der Waals surface area contributed by atoms with Crippen LogP contribution in [0, 0.1) is 5.41 Å². The predicted molar refractivity (Wildman–Crippen MR) is 102 cm³/mol. The van der Waals surface area contributed by atoms with Crippen molar-refractivity contribution in [2.75, 3.05) is 33.4 Å². The summed E-state index contributed by atoms with van der Waals surface area (Å²) in [6.07, 6.45) is 2.00. The first-order valence-corrected chi connectivity index (χ1v) is 9.73. The van der Waals surface area contributed by atoms with Crippen LogP contribution in [0.4, 0.5) is 0 Å². The van der Waals surface area contributed by atoms with Crippen molar-refractivity contribution in [3.05, 3.63) is 46.4 Å². The zero-order valence-electron chi connectivity index (χ0n) is 15.0. The second-order valence-electron chi connectivity index (χ2n) is 6.66. The van der Waals surface area contributed by atoms with Crippen LogP contribution < -0.4 is 15.4 Å². The number of amides is 1. The van der Waals surface area contributed by atoms with Crippen LogP contribution in [0.5, 0.6) is 5.75 Å². The highest BCUT2D eigenvalue weighted by Gasteiger charge is 2.32. The fraction of sp³-hybridized carbons (Fsp3) is 0.474. The number of hydrogen-bond acceptors (Lipinski definition) is 6. The van der Waals surface area contributed by atoms with Crippen LogP contribution >= 0.6 is 11.3 Å². The van der Waals surface area contributed by atoms with Gasteiger partial charge in [0.15, 0.2) is 0 Å². The molecule has 1 amide bonds. The molecule has 0 unspecified atom stereocenters. The van der Waals surface area contributed by atoms with E-state index in [1.165, 1.54) is 11.3 Å². The summed E-state index contributed by atoms with van der Waals surface area (Å²) in [4.78, 5) is 16.8. The van der Waals surface area contributed by atoms with Gasteiger partial charge in [-0.3, -0.25) is 4.79 Å². The molecule has 3 rings (SSSR count).